The number of nitrogens with two attached hydrogens (primary N) is 2. The summed E-state index contributed by atoms with van der Waals surface area (Å²) < 4.78 is 37.8. The van der Waals surface area contributed by atoms with Crippen molar-refractivity contribution in [3.63, 3.8) is 0 Å². The quantitative estimate of drug-likeness (QED) is 0.767. The van der Waals surface area contributed by atoms with Crippen LogP contribution in [-0.2, 0) is 17.5 Å². The molecule has 1 amide bonds. The van der Waals surface area contributed by atoms with Crippen LogP contribution in [-0.4, -0.2) is 12.5 Å². The first-order valence-corrected chi connectivity index (χ1v) is 5.28. The Morgan fingerprint density at radius 2 is 1.89 bits per heavy atom. The van der Waals surface area contributed by atoms with E-state index in [0.29, 0.717) is 5.56 Å². The Hall–Kier alpha value is -1.60. The van der Waals surface area contributed by atoms with Crippen molar-refractivity contribution < 1.29 is 18.0 Å². The molecule has 0 aliphatic rings. The Kier molecular flexibility index (Phi) is 4.69. The van der Waals surface area contributed by atoms with Gasteiger partial charge in [-0.15, -0.1) is 0 Å². The molecule has 0 radical (unpaired) electrons. The molecule has 0 spiro atoms. The molecule has 0 saturated carbocycles. The van der Waals surface area contributed by atoms with Crippen molar-refractivity contribution in [3.05, 3.63) is 29.3 Å². The summed E-state index contributed by atoms with van der Waals surface area (Å²) in [5.41, 5.74) is 10.0. The van der Waals surface area contributed by atoms with Crippen molar-refractivity contribution >= 4 is 11.6 Å². The van der Waals surface area contributed by atoms with Crippen molar-refractivity contribution in [2.24, 2.45) is 11.5 Å². The first kappa shape index (κ1) is 14.5. The van der Waals surface area contributed by atoms with Crippen LogP contribution in [0, 0.1) is 0 Å². The van der Waals surface area contributed by atoms with E-state index < -0.39 is 17.6 Å². The van der Waals surface area contributed by atoms with E-state index in [9.17, 15) is 18.0 Å². The van der Waals surface area contributed by atoms with Crippen LogP contribution in [0.25, 0.3) is 0 Å². The molecule has 1 aromatic carbocycles. The van der Waals surface area contributed by atoms with Crippen molar-refractivity contribution in [2.75, 3.05) is 11.9 Å². The molecule has 0 fully saturated rings. The van der Waals surface area contributed by atoms with Gasteiger partial charge in [-0.1, -0.05) is 0 Å². The summed E-state index contributed by atoms with van der Waals surface area (Å²) in [6.45, 7) is 0.0955. The third kappa shape index (κ3) is 4.01. The molecular formula is C11H14F3N3O. The lowest BCUT2D eigenvalue weighted by Gasteiger charge is -2.12. The Morgan fingerprint density at radius 3 is 2.39 bits per heavy atom. The van der Waals surface area contributed by atoms with Gasteiger partial charge in [-0.25, -0.2) is 0 Å². The number of carbonyl (C=O) groups excluding carboxylic acids is 1. The van der Waals surface area contributed by atoms with Gasteiger partial charge in [0.15, 0.2) is 0 Å². The third-order valence-corrected chi connectivity index (χ3v) is 2.21. The predicted molar refractivity (Wildman–Crippen MR) is 61.6 cm³/mol. The van der Waals surface area contributed by atoms with Gasteiger partial charge in [-0.2, -0.15) is 13.2 Å². The Bertz CT molecular complexity index is 432. The molecule has 0 aliphatic heterocycles. The van der Waals surface area contributed by atoms with Crippen molar-refractivity contribution in [3.8, 4) is 0 Å². The molecule has 0 unspecified atom stereocenters. The van der Waals surface area contributed by atoms with E-state index in [1.54, 1.807) is 0 Å². The maximum Gasteiger partial charge on any atom is 0.416 e. The van der Waals surface area contributed by atoms with E-state index in [1.165, 1.54) is 6.07 Å². The van der Waals surface area contributed by atoms with Crippen LogP contribution in [0.15, 0.2) is 18.2 Å². The number of anilines is 1. The molecule has 0 aliphatic carbocycles. The first-order chi connectivity index (χ1) is 8.36. The fraction of sp³-hybridized carbons (Fsp3) is 0.364. The van der Waals surface area contributed by atoms with Crippen LogP contribution < -0.4 is 16.8 Å². The van der Waals surface area contributed by atoms with Gasteiger partial charge in [0.2, 0.25) is 5.91 Å². The highest BCUT2D eigenvalue weighted by Crippen LogP contribution is 2.31. The average Bonchev–Trinajstić information content (AvgIpc) is 2.27. The van der Waals surface area contributed by atoms with Gasteiger partial charge in [0.1, 0.15) is 0 Å². The highest BCUT2D eigenvalue weighted by atomic mass is 19.4. The number of hydrogen-bond donors (Lipinski definition) is 3. The maximum absolute atomic E-state index is 12.6. The summed E-state index contributed by atoms with van der Waals surface area (Å²) in [6, 6.07) is 3.23. The first-order valence-electron chi connectivity index (χ1n) is 5.28. The highest BCUT2D eigenvalue weighted by molar-refractivity contribution is 5.91. The lowest BCUT2D eigenvalue weighted by atomic mass is 10.1. The Balaban J connectivity index is 3.01. The number of carbonyl (C=O) groups is 1. The van der Waals surface area contributed by atoms with Crippen molar-refractivity contribution in [2.45, 2.75) is 19.1 Å². The van der Waals surface area contributed by atoms with Crippen LogP contribution in [0.5, 0.6) is 0 Å². The zero-order valence-corrected chi connectivity index (χ0v) is 9.55. The smallest absolute Gasteiger partial charge is 0.330 e. The van der Waals surface area contributed by atoms with Crippen molar-refractivity contribution in [1.82, 2.24) is 0 Å². The normalized spacial score (nSPS) is 11.4. The number of nitrogens with one attached hydrogen (secondary N) is 1. The SMILES string of the molecule is NCCC(=O)Nc1cc(CN)cc(C(F)(F)F)c1. The highest BCUT2D eigenvalue weighted by Gasteiger charge is 2.31. The molecule has 1 rings (SSSR count). The molecule has 100 valence electrons. The molecule has 0 aromatic heterocycles. The molecule has 4 nitrogen and oxygen atoms in total. The second-order valence-electron chi connectivity index (χ2n) is 3.71. The van der Waals surface area contributed by atoms with Crippen LogP contribution in [0.2, 0.25) is 0 Å². The maximum atomic E-state index is 12.6. The predicted octanol–water partition coefficient (Wildman–Crippen LogP) is 1.45. The minimum absolute atomic E-state index is 0.0380. The molecule has 18 heavy (non-hydrogen) atoms. The van der Waals surface area contributed by atoms with E-state index in [1.807, 2.05) is 0 Å². The van der Waals surface area contributed by atoms with E-state index in [4.69, 9.17) is 11.5 Å². The summed E-state index contributed by atoms with van der Waals surface area (Å²) in [4.78, 5) is 11.3. The molecule has 1 aromatic rings. The van der Waals surface area contributed by atoms with Gasteiger partial charge < -0.3 is 16.8 Å². The van der Waals surface area contributed by atoms with Gasteiger partial charge in [0.25, 0.3) is 0 Å². The lowest BCUT2D eigenvalue weighted by Crippen LogP contribution is -2.17. The summed E-state index contributed by atoms with van der Waals surface area (Å²) in [7, 11) is 0. The standard InChI is InChI=1S/C11H14F3N3O/c12-11(13,14)8-3-7(6-16)4-9(5-8)17-10(18)1-2-15/h3-5H,1-2,6,15-16H2,(H,17,18). The Morgan fingerprint density at radius 1 is 1.22 bits per heavy atom. The van der Waals surface area contributed by atoms with Crippen molar-refractivity contribution in [1.29, 1.82) is 0 Å². The molecule has 0 bridgehead atoms. The van der Waals surface area contributed by atoms with Crippen LogP contribution in [0.3, 0.4) is 0 Å². The molecule has 0 heterocycles. The minimum Gasteiger partial charge on any atom is -0.330 e. The largest absolute Gasteiger partial charge is 0.416 e. The topological polar surface area (TPSA) is 81.1 Å². The lowest BCUT2D eigenvalue weighted by molar-refractivity contribution is -0.137. The van der Waals surface area contributed by atoms with Gasteiger partial charge in [0.05, 0.1) is 5.56 Å². The van der Waals surface area contributed by atoms with Crippen LogP contribution >= 0.6 is 0 Å². The minimum atomic E-state index is -4.47. The second kappa shape index (κ2) is 5.83. The molecule has 7 heteroatoms. The van der Waals surface area contributed by atoms with E-state index in [2.05, 4.69) is 5.32 Å². The summed E-state index contributed by atoms with van der Waals surface area (Å²) in [5.74, 6) is -0.431. The monoisotopic (exact) mass is 261 g/mol. The summed E-state index contributed by atoms with van der Waals surface area (Å²) in [5, 5.41) is 2.36. The number of rotatable bonds is 4. The summed E-state index contributed by atoms with van der Waals surface area (Å²) >= 11 is 0. The van der Waals surface area contributed by atoms with E-state index >= 15 is 0 Å². The van der Waals surface area contributed by atoms with E-state index in [-0.39, 0.29) is 25.2 Å². The van der Waals surface area contributed by atoms with Crippen LogP contribution in [0.1, 0.15) is 17.5 Å². The fourth-order valence-electron chi connectivity index (χ4n) is 1.40. The molecule has 5 N–H and O–H groups in total. The summed E-state index contributed by atoms with van der Waals surface area (Å²) in [6.07, 6.45) is -4.42. The average molecular weight is 261 g/mol. The number of amides is 1. The van der Waals surface area contributed by atoms with Gasteiger partial charge in [0, 0.05) is 25.2 Å². The fourth-order valence-corrected chi connectivity index (χ4v) is 1.40. The second-order valence-corrected chi connectivity index (χ2v) is 3.71. The zero-order valence-electron chi connectivity index (χ0n) is 9.55. The van der Waals surface area contributed by atoms with Gasteiger partial charge >= 0.3 is 6.18 Å². The zero-order chi connectivity index (χ0) is 13.8. The number of alkyl halides is 3. The number of hydrogen-bond acceptors (Lipinski definition) is 3. The Labute approximate surface area is 102 Å². The van der Waals surface area contributed by atoms with Crippen LogP contribution in [0.4, 0.5) is 18.9 Å². The molecular weight excluding hydrogens is 247 g/mol. The van der Waals surface area contributed by atoms with E-state index in [0.717, 1.165) is 12.1 Å². The molecule has 0 atom stereocenters. The number of benzene rings is 1. The number of halogens is 3. The van der Waals surface area contributed by atoms with Gasteiger partial charge in [-0.05, 0) is 23.8 Å². The van der Waals surface area contributed by atoms with Gasteiger partial charge in [-0.3, -0.25) is 4.79 Å². The third-order valence-electron chi connectivity index (χ3n) is 2.21. The molecule has 0 saturated heterocycles.